The monoisotopic (exact) mass is 401 g/mol. The van der Waals surface area contributed by atoms with Crippen LogP contribution in [0.5, 0.6) is 0 Å². The predicted octanol–water partition coefficient (Wildman–Crippen LogP) is 3.52. The van der Waals surface area contributed by atoms with Gasteiger partial charge in [0, 0.05) is 11.5 Å². The van der Waals surface area contributed by atoms with E-state index >= 15 is 0 Å². The highest BCUT2D eigenvalue weighted by molar-refractivity contribution is 5.90. The summed E-state index contributed by atoms with van der Waals surface area (Å²) in [5, 5.41) is 8.07. The SMILES string of the molecule is CC(C)(C)c1cc(NC(=O)Cn2cnc3ccccc3c2=O)n(-c2ccccc2)n1. The van der Waals surface area contributed by atoms with Crippen molar-refractivity contribution in [3.63, 3.8) is 0 Å². The number of aromatic nitrogens is 4. The van der Waals surface area contributed by atoms with Crippen LogP contribution < -0.4 is 10.9 Å². The van der Waals surface area contributed by atoms with Gasteiger partial charge in [-0.1, -0.05) is 51.1 Å². The fourth-order valence-electron chi connectivity index (χ4n) is 3.16. The molecule has 0 aliphatic carbocycles. The van der Waals surface area contributed by atoms with Crippen LogP contribution in [0.3, 0.4) is 0 Å². The summed E-state index contributed by atoms with van der Waals surface area (Å²) < 4.78 is 3.02. The maximum absolute atomic E-state index is 12.8. The first-order valence-corrected chi connectivity index (χ1v) is 9.73. The predicted molar refractivity (Wildman–Crippen MR) is 117 cm³/mol. The fourth-order valence-corrected chi connectivity index (χ4v) is 3.16. The van der Waals surface area contributed by atoms with Crippen molar-refractivity contribution in [3.05, 3.63) is 83.0 Å². The number of para-hydroxylation sites is 2. The Bertz CT molecular complexity index is 1270. The largest absolute Gasteiger partial charge is 0.309 e. The number of benzene rings is 2. The molecule has 0 fully saturated rings. The third-order valence-corrected chi connectivity index (χ3v) is 4.79. The minimum absolute atomic E-state index is 0.137. The van der Waals surface area contributed by atoms with E-state index < -0.39 is 0 Å². The molecule has 4 aromatic rings. The molecular formula is C23H23N5O2. The van der Waals surface area contributed by atoms with Crippen molar-refractivity contribution in [2.75, 3.05) is 5.32 Å². The normalized spacial score (nSPS) is 11.6. The van der Waals surface area contributed by atoms with Gasteiger partial charge in [0.05, 0.1) is 28.6 Å². The summed E-state index contributed by atoms with van der Waals surface area (Å²) in [5.41, 5.74) is 1.87. The smallest absolute Gasteiger partial charge is 0.261 e. The first-order chi connectivity index (χ1) is 14.3. The minimum Gasteiger partial charge on any atom is -0.309 e. The summed E-state index contributed by atoms with van der Waals surface area (Å²) in [6.45, 7) is 6.06. The Hall–Kier alpha value is -3.74. The molecule has 0 radical (unpaired) electrons. The van der Waals surface area contributed by atoms with Gasteiger partial charge in [0.1, 0.15) is 12.4 Å². The van der Waals surface area contributed by atoms with Gasteiger partial charge in [-0.05, 0) is 24.3 Å². The van der Waals surface area contributed by atoms with Crippen LogP contribution in [0.4, 0.5) is 5.82 Å². The van der Waals surface area contributed by atoms with Gasteiger partial charge >= 0.3 is 0 Å². The number of nitrogens with zero attached hydrogens (tertiary/aromatic N) is 4. The third-order valence-electron chi connectivity index (χ3n) is 4.79. The molecule has 0 unspecified atom stereocenters. The molecule has 1 N–H and O–H groups in total. The van der Waals surface area contributed by atoms with Crippen molar-refractivity contribution in [1.82, 2.24) is 19.3 Å². The molecule has 2 aromatic heterocycles. The highest BCUT2D eigenvalue weighted by Gasteiger charge is 2.21. The van der Waals surface area contributed by atoms with Crippen molar-refractivity contribution in [2.24, 2.45) is 0 Å². The Morgan fingerprint density at radius 2 is 1.73 bits per heavy atom. The molecule has 2 heterocycles. The second-order valence-corrected chi connectivity index (χ2v) is 8.16. The number of carbonyl (C=O) groups excluding carboxylic acids is 1. The molecule has 0 atom stereocenters. The molecule has 0 spiro atoms. The highest BCUT2D eigenvalue weighted by Crippen LogP contribution is 2.26. The first-order valence-electron chi connectivity index (χ1n) is 9.73. The van der Waals surface area contributed by atoms with E-state index in [0.29, 0.717) is 16.7 Å². The van der Waals surface area contributed by atoms with Crippen molar-refractivity contribution in [1.29, 1.82) is 0 Å². The van der Waals surface area contributed by atoms with Crippen LogP contribution in [0, 0.1) is 0 Å². The van der Waals surface area contributed by atoms with Crippen molar-refractivity contribution >= 4 is 22.6 Å². The van der Waals surface area contributed by atoms with Gasteiger partial charge in [-0.3, -0.25) is 14.2 Å². The van der Waals surface area contributed by atoms with Crippen molar-refractivity contribution in [2.45, 2.75) is 32.7 Å². The lowest BCUT2D eigenvalue weighted by Crippen LogP contribution is -2.28. The van der Waals surface area contributed by atoms with Crippen molar-refractivity contribution in [3.8, 4) is 5.69 Å². The van der Waals surface area contributed by atoms with Crippen LogP contribution in [0.1, 0.15) is 26.5 Å². The summed E-state index contributed by atoms with van der Waals surface area (Å²) in [6, 6.07) is 18.6. The molecule has 30 heavy (non-hydrogen) atoms. The maximum atomic E-state index is 12.8. The lowest BCUT2D eigenvalue weighted by atomic mass is 9.92. The molecule has 2 aromatic carbocycles. The fraction of sp³-hybridized carbons (Fsp3) is 0.217. The Morgan fingerprint density at radius 1 is 1.03 bits per heavy atom. The molecule has 0 bridgehead atoms. The zero-order valence-corrected chi connectivity index (χ0v) is 17.2. The van der Waals surface area contributed by atoms with E-state index in [1.165, 1.54) is 10.9 Å². The number of carbonyl (C=O) groups is 1. The van der Waals surface area contributed by atoms with Gasteiger partial charge < -0.3 is 5.32 Å². The lowest BCUT2D eigenvalue weighted by Gasteiger charge is -2.14. The zero-order valence-electron chi connectivity index (χ0n) is 17.2. The van der Waals surface area contributed by atoms with Gasteiger partial charge in [0.2, 0.25) is 5.91 Å². The molecule has 7 heteroatoms. The summed E-state index contributed by atoms with van der Waals surface area (Å²) in [7, 11) is 0. The molecule has 7 nitrogen and oxygen atoms in total. The molecule has 152 valence electrons. The standard InChI is InChI=1S/C23H23N5O2/c1-23(2,3)19-13-20(28(26-19)16-9-5-4-6-10-16)25-21(29)14-27-15-24-18-12-8-7-11-17(18)22(27)30/h4-13,15H,14H2,1-3H3,(H,25,29). The summed E-state index contributed by atoms with van der Waals surface area (Å²) in [4.78, 5) is 29.7. The van der Waals surface area contributed by atoms with E-state index in [9.17, 15) is 9.59 Å². The summed E-state index contributed by atoms with van der Waals surface area (Å²) in [5.74, 6) is 0.227. The molecule has 0 aliphatic rings. The van der Waals surface area contributed by atoms with Crippen LogP contribution in [-0.4, -0.2) is 25.2 Å². The van der Waals surface area contributed by atoms with E-state index in [1.54, 1.807) is 22.9 Å². The number of fused-ring (bicyclic) bond motifs is 1. The second-order valence-electron chi connectivity index (χ2n) is 8.16. The number of anilines is 1. The van der Waals surface area contributed by atoms with E-state index in [0.717, 1.165) is 11.4 Å². The third kappa shape index (κ3) is 3.87. The molecule has 4 rings (SSSR count). The summed E-state index contributed by atoms with van der Waals surface area (Å²) in [6.07, 6.45) is 1.40. The Kier molecular flexibility index (Phi) is 4.95. The van der Waals surface area contributed by atoms with Gasteiger partial charge in [-0.25, -0.2) is 9.67 Å². The number of nitrogens with one attached hydrogen (secondary N) is 1. The second kappa shape index (κ2) is 7.59. The van der Waals surface area contributed by atoms with Crippen LogP contribution in [-0.2, 0) is 16.8 Å². The molecule has 0 saturated heterocycles. The maximum Gasteiger partial charge on any atom is 0.261 e. The number of rotatable bonds is 4. The number of hydrogen-bond acceptors (Lipinski definition) is 4. The number of amides is 1. The van der Waals surface area contributed by atoms with Crippen LogP contribution in [0.15, 0.2) is 71.8 Å². The topological polar surface area (TPSA) is 81.8 Å². The molecule has 0 aliphatic heterocycles. The van der Waals surface area contributed by atoms with Gasteiger partial charge in [0.15, 0.2) is 0 Å². The molecular weight excluding hydrogens is 378 g/mol. The van der Waals surface area contributed by atoms with Crippen molar-refractivity contribution < 1.29 is 4.79 Å². The van der Waals surface area contributed by atoms with E-state index in [1.807, 2.05) is 42.5 Å². The zero-order chi connectivity index (χ0) is 21.3. The Balaban J connectivity index is 1.64. The average molecular weight is 401 g/mol. The first kappa shape index (κ1) is 19.6. The average Bonchev–Trinajstić information content (AvgIpc) is 3.15. The highest BCUT2D eigenvalue weighted by atomic mass is 16.2. The quantitative estimate of drug-likeness (QED) is 0.567. The summed E-state index contributed by atoms with van der Waals surface area (Å²) >= 11 is 0. The van der Waals surface area contributed by atoms with Crippen LogP contribution in [0.25, 0.3) is 16.6 Å². The van der Waals surface area contributed by atoms with Gasteiger partial charge in [-0.15, -0.1) is 0 Å². The minimum atomic E-state index is -0.327. The van der Waals surface area contributed by atoms with Crippen LogP contribution >= 0.6 is 0 Å². The van der Waals surface area contributed by atoms with E-state index in [2.05, 4.69) is 31.1 Å². The molecule has 1 amide bonds. The number of hydrogen-bond donors (Lipinski definition) is 1. The van der Waals surface area contributed by atoms with Gasteiger partial charge in [0.25, 0.3) is 5.56 Å². The molecule has 0 saturated carbocycles. The van der Waals surface area contributed by atoms with E-state index in [4.69, 9.17) is 5.10 Å². The lowest BCUT2D eigenvalue weighted by molar-refractivity contribution is -0.116. The Labute approximate surface area is 174 Å². The van der Waals surface area contributed by atoms with Gasteiger partial charge in [-0.2, -0.15) is 5.10 Å². The van der Waals surface area contributed by atoms with E-state index in [-0.39, 0.29) is 23.4 Å². The Morgan fingerprint density at radius 3 is 2.47 bits per heavy atom. The van der Waals surface area contributed by atoms with Crippen LogP contribution in [0.2, 0.25) is 0 Å².